The second-order valence-corrected chi connectivity index (χ2v) is 8.07. The maximum Gasteiger partial charge on any atom is 0.320 e. The van der Waals surface area contributed by atoms with Crippen molar-refractivity contribution in [2.24, 2.45) is 0 Å². The molecule has 0 saturated heterocycles. The lowest BCUT2D eigenvalue weighted by molar-refractivity contribution is 0.144. The van der Waals surface area contributed by atoms with Crippen molar-refractivity contribution in [3.05, 3.63) is 83.7 Å². The lowest BCUT2D eigenvalue weighted by Gasteiger charge is -2.19. The summed E-state index contributed by atoms with van der Waals surface area (Å²) >= 11 is 0. The van der Waals surface area contributed by atoms with Crippen LogP contribution >= 0.6 is 0 Å². The number of carbonyl (C=O) groups excluding carboxylic acids is 1. The van der Waals surface area contributed by atoms with Crippen molar-refractivity contribution in [3.8, 4) is 23.0 Å². The van der Waals surface area contributed by atoms with E-state index < -0.39 is 18.2 Å². The molecule has 0 spiro atoms. The van der Waals surface area contributed by atoms with Gasteiger partial charge in [-0.25, -0.2) is 19.4 Å². The first-order valence-corrected chi connectivity index (χ1v) is 10.9. The van der Waals surface area contributed by atoms with Crippen molar-refractivity contribution in [1.82, 2.24) is 25.1 Å². The summed E-state index contributed by atoms with van der Waals surface area (Å²) in [5.74, 6) is 0.510. The number of anilines is 1. The van der Waals surface area contributed by atoms with E-state index in [1.54, 1.807) is 17.1 Å². The van der Waals surface area contributed by atoms with Crippen molar-refractivity contribution in [2.75, 3.05) is 12.4 Å². The number of methoxy groups -OCH3 is 1. The number of carbonyl (C=O) groups is 1. The SMILES string of the molecule is COc1ncc(-c2nn(-c3ccccc3)c(NC(=O)NC3c4ccccc4C[C@H]3O)c2C)cn1. The van der Waals surface area contributed by atoms with Crippen LogP contribution in [0.1, 0.15) is 22.7 Å². The molecule has 0 bridgehead atoms. The number of hydrogen-bond donors (Lipinski definition) is 3. The molecule has 1 unspecified atom stereocenters. The Morgan fingerprint density at radius 2 is 1.79 bits per heavy atom. The van der Waals surface area contributed by atoms with Crippen LogP contribution < -0.4 is 15.4 Å². The van der Waals surface area contributed by atoms with Gasteiger partial charge >= 0.3 is 12.0 Å². The molecule has 1 aliphatic rings. The van der Waals surface area contributed by atoms with Gasteiger partial charge in [-0.3, -0.25) is 5.32 Å². The molecule has 2 aromatic carbocycles. The van der Waals surface area contributed by atoms with Gasteiger partial charge in [0.15, 0.2) is 0 Å². The molecular formula is C25H24N6O3. The smallest absolute Gasteiger partial charge is 0.320 e. The fourth-order valence-electron chi connectivity index (χ4n) is 4.25. The molecule has 1 aliphatic carbocycles. The van der Waals surface area contributed by atoms with Crippen LogP contribution in [0.25, 0.3) is 16.9 Å². The van der Waals surface area contributed by atoms with Crippen molar-refractivity contribution in [1.29, 1.82) is 0 Å². The monoisotopic (exact) mass is 456 g/mol. The van der Waals surface area contributed by atoms with E-state index in [2.05, 4.69) is 20.6 Å². The van der Waals surface area contributed by atoms with Gasteiger partial charge in [0.05, 0.1) is 24.9 Å². The summed E-state index contributed by atoms with van der Waals surface area (Å²) in [5, 5.41) is 21.1. The zero-order chi connectivity index (χ0) is 23.7. The summed E-state index contributed by atoms with van der Waals surface area (Å²) in [6, 6.07) is 16.6. The van der Waals surface area contributed by atoms with Gasteiger partial charge in [0, 0.05) is 29.9 Å². The Morgan fingerprint density at radius 3 is 2.53 bits per heavy atom. The molecule has 2 aromatic heterocycles. The highest BCUT2D eigenvalue weighted by Gasteiger charge is 2.32. The zero-order valence-electron chi connectivity index (χ0n) is 18.8. The van der Waals surface area contributed by atoms with E-state index in [1.165, 1.54) is 7.11 Å². The molecular weight excluding hydrogens is 432 g/mol. The third kappa shape index (κ3) is 3.97. The summed E-state index contributed by atoms with van der Waals surface area (Å²) in [7, 11) is 1.50. The number of fused-ring (bicyclic) bond motifs is 1. The average molecular weight is 457 g/mol. The zero-order valence-corrected chi connectivity index (χ0v) is 18.8. The van der Waals surface area contributed by atoms with E-state index in [4.69, 9.17) is 9.84 Å². The van der Waals surface area contributed by atoms with E-state index in [0.29, 0.717) is 23.5 Å². The Hall–Kier alpha value is -4.24. The van der Waals surface area contributed by atoms with Crippen LogP contribution in [0.15, 0.2) is 67.0 Å². The quantitative estimate of drug-likeness (QED) is 0.424. The number of hydrogen-bond acceptors (Lipinski definition) is 6. The second-order valence-electron chi connectivity index (χ2n) is 8.07. The lowest BCUT2D eigenvalue weighted by Crippen LogP contribution is -2.37. The normalized spacial score (nSPS) is 16.7. The first kappa shape index (κ1) is 21.6. The summed E-state index contributed by atoms with van der Waals surface area (Å²) in [6.07, 6.45) is 3.08. The first-order valence-electron chi connectivity index (χ1n) is 10.9. The summed E-state index contributed by atoms with van der Waals surface area (Å²) in [5.41, 5.74) is 4.82. The van der Waals surface area contributed by atoms with Gasteiger partial charge < -0.3 is 15.2 Å². The fourth-order valence-corrected chi connectivity index (χ4v) is 4.25. The maximum atomic E-state index is 13.1. The minimum Gasteiger partial charge on any atom is -0.467 e. The number of aliphatic hydroxyl groups is 1. The van der Waals surface area contributed by atoms with E-state index in [-0.39, 0.29) is 6.01 Å². The van der Waals surface area contributed by atoms with Crippen molar-refractivity contribution in [3.63, 3.8) is 0 Å². The molecule has 0 aliphatic heterocycles. The summed E-state index contributed by atoms with van der Waals surface area (Å²) in [6.45, 7) is 1.88. The number of urea groups is 1. The molecule has 2 heterocycles. The molecule has 5 rings (SSSR count). The molecule has 9 nitrogen and oxygen atoms in total. The van der Waals surface area contributed by atoms with E-state index in [0.717, 1.165) is 22.4 Å². The highest BCUT2D eigenvalue weighted by Crippen LogP contribution is 2.33. The van der Waals surface area contributed by atoms with E-state index in [9.17, 15) is 9.90 Å². The Bertz CT molecular complexity index is 1320. The summed E-state index contributed by atoms with van der Waals surface area (Å²) < 4.78 is 6.72. The van der Waals surface area contributed by atoms with Gasteiger partial charge in [-0.2, -0.15) is 5.10 Å². The Morgan fingerprint density at radius 1 is 1.09 bits per heavy atom. The van der Waals surface area contributed by atoms with Gasteiger partial charge in [-0.15, -0.1) is 0 Å². The molecule has 0 saturated carbocycles. The minimum atomic E-state index is -0.685. The van der Waals surface area contributed by atoms with Gasteiger partial charge in [0.1, 0.15) is 11.5 Å². The second kappa shape index (κ2) is 8.95. The number of aliphatic hydroxyl groups excluding tert-OH is 1. The number of para-hydroxylation sites is 1. The van der Waals surface area contributed by atoms with Gasteiger partial charge in [-0.05, 0) is 30.2 Å². The van der Waals surface area contributed by atoms with Gasteiger partial charge in [0.25, 0.3) is 0 Å². The standard InChI is InChI=1S/C25H24N6O3/c1-15-21(17-13-26-25(34-2)27-14-17)30-31(18-9-4-3-5-10-18)23(15)29-24(33)28-22-19-11-7-6-8-16(19)12-20(22)32/h3-11,13-14,20,22,32H,12H2,1-2H3,(H2,28,29,33)/t20-,22?/m1/s1. The Balaban J connectivity index is 1.47. The molecule has 2 atom stereocenters. The predicted molar refractivity (Wildman–Crippen MR) is 127 cm³/mol. The highest BCUT2D eigenvalue weighted by molar-refractivity contribution is 5.91. The van der Waals surface area contributed by atoms with Gasteiger partial charge in [-0.1, -0.05) is 42.5 Å². The maximum absolute atomic E-state index is 13.1. The predicted octanol–water partition coefficient (Wildman–Crippen LogP) is 3.43. The average Bonchev–Trinajstić information content (AvgIpc) is 3.36. The highest BCUT2D eigenvalue weighted by atomic mass is 16.5. The number of benzene rings is 2. The molecule has 0 fully saturated rings. The molecule has 9 heteroatoms. The first-order chi connectivity index (χ1) is 16.5. The number of amides is 2. The third-order valence-corrected chi connectivity index (χ3v) is 5.93. The van der Waals surface area contributed by atoms with Crippen LogP contribution in [0.5, 0.6) is 6.01 Å². The topological polar surface area (TPSA) is 114 Å². The lowest BCUT2D eigenvalue weighted by atomic mass is 10.1. The largest absolute Gasteiger partial charge is 0.467 e. The van der Waals surface area contributed by atoms with Crippen molar-refractivity contribution >= 4 is 11.8 Å². The van der Waals surface area contributed by atoms with E-state index in [1.807, 2.05) is 61.5 Å². The molecule has 34 heavy (non-hydrogen) atoms. The van der Waals surface area contributed by atoms with Gasteiger partial charge in [0.2, 0.25) is 0 Å². The Labute approximate surface area is 196 Å². The molecule has 0 radical (unpaired) electrons. The van der Waals surface area contributed by atoms with Crippen molar-refractivity contribution in [2.45, 2.75) is 25.5 Å². The van der Waals surface area contributed by atoms with Crippen molar-refractivity contribution < 1.29 is 14.6 Å². The molecule has 4 aromatic rings. The third-order valence-electron chi connectivity index (χ3n) is 5.93. The minimum absolute atomic E-state index is 0.261. The van der Waals surface area contributed by atoms with Crippen LogP contribution in [0, 0.1) is 6.92 Å². The molecule has 3 N–H and O–H groups in total. The van der Waals surface area contributed by atoms with Crippen LogP contribution in [-0.2, 0) is 6.42 Å². The molecule has 172 valence electrons. The number of rotatable bonds is 5. The number of ether oxygens (including phenoxy) is 1. The Kier molecular flexibility index (Phi) is 5.69. The van der Waals surface area contributed by atoms with Crippen LogP contribution in [0.2, 0.25) is 0 Å². The fraction of sp³-hybridized carbons (Fsp3) is 0.200. The number of nitrogens with zero attached hydrogens (tertiary/aromatic N) is 4. The summed E-state index contributed by atoms with van der Waals surface area (Å²) in [4.78, 5) is 21.4. The molecule has 2 amide bonds. The van der Waals surface area contributed by atoms with Crippen LogP contribution in [-0.4, -0.2) is 44.1 Å². The van der Waals surface area contributed by atoms with E-state index >= 15 is 0 Å². The van der Waals surface area contributed by atoms with Crippen LogP contribution in [0.3, 0.4) is 0 Å². The number of aromatic nitrogens is 4. The van der Waals surface area contributed by atoms with Crippen LogP contribution in [0.4, 0.5) is 10.6 Å². The number of nitrogens with one attached hydrogen (secondary N) is 2.